The molecule has 0 aliphatic carbocycles. The number of hydrogen-bond acceptors (Lipinski definition) is 4. The number of amides is 1. The Morgan fingerprint density at radius 2 is 2.03 bits per heavy atom. The fraction of sp³-hybridized carbons (Fsp3) is 0.500. The number of nitrogens with zero attached hydrogens (tertiary/aromatic N) is 1. The van der Waals surface area contributed by atoms with Crippen LogP contribution in [-0.2, 0) is 10.4 Å². The van der Waals surface area contributed by atoms with Crippen LogP contribution in [0.15, 0.2) is 48.5 Å². The molecule has 2 unspecified atom stereocenters. The number of benzene rings is 2. The predicted octanol–water partition coefficient (Wildman–Crippen LogP) is 5.57. The molecule has 1 saturated heterocycles. The van der Waals surface area contributed by atoms with Gasteiger partial charge in [-0.15, -0.1) is 0 Å². The molecule has 5 nitrogen and oxygen atoms in total. The van der Waals surface area contributed by atoms with E-state index < -0.39 is 5.66 Å². The Kier molecular flexibility index (Phi) is 6.81. The number of unbranched alkanes of at least 4 members (excludes halogenated alkanes) is 3. The molecular weight excluding hydrogens is 388 g/mol. The second-order valence-electron chi connectivity index (χ2n) is 8.73. The molecule has 1 N–H and O–H groups in total. The van der Waals surface area contributed by atoms with Crippen molar-refractivity contribution in [3.05, 3.63) is 59.7 Å². The van der Waals surface area contributed by atoms with Crippen LogP contribution in [0.2, 0.25) is 0 Å². The molecule has 31 heavy (non-hydrogen) atoms. The van der Waals surface area contributed by atoms with Crippen molar-refractivity contribution >= 4 is 11.6 Å². The highest BCUT2D eigenvalue weighted by Crippen LogP contribution is 2.39. The Balaban J connectivity index is 1.60. The first-order chi connectivity index (χ1) is 15.1. The molecule has 2 aromatic carbocycles. The average molecular weight is 423 g/mol. The minimum Gasteiger partial charge on any atom is -0.494 e. The van der Waals surface area contributed by atoms with Crippen LogP contribution in [-0.4, -0.2) is 36.7 Å². The zero-order valence-electron chi connectivity index (χ0n) is 18.7. The number of carbonyl (C=O) groups excluding carboxylic acids is 1. The number of carbonyl (C=O) groups is 1. The zero-order chi connectivity index (χ0) is 21.7. The summed E-state index contributed by atoms with van der Waals surface area (Å²) in [6, 6.07) is 15.9. The van der Waals surface area contributed by atoms with Crippen molar-refractivity contribution in [2.45, 2.75) is 64.1 Å². The van der Waals surface area contributed by atoms with Crippen molar-refractivity contribution in [2.24, 2.45) is 0 Å². The first-order valence-electron chi connectivity index (χ1n) is 11.7. The summed E-state index contributed by atoms with van der Waals surface area (Å²) >= 11 is 0. The lowest BCUT2D eigenvalue weighted by atomic mass is 9.92. The number of fused-ring (bicyclic) bond motifs is 1. The third-order valence-electron chi connectivity index (χ3n) is 6.39. The van der Waals surface area contributed by atoms with Crippen LogP contribution >= 0.6 is 0 Å². The molecule has 1 amide bonds. The van der Waals surface area contributed by atoms with Gasteiger partial charge in [0, 0.05) is 24.4 Å². The van der Waals surface area contributed by atoms with Crippen LogP contribution in [0.1, 0.15) is 68.3 Å². The molecule has 166 valence electrons. The summed E-state index contributed by atoms with van der Waals surface area (Å²) in [5.74, 6) is 0.888. The van der Waals surface area contributed by atoms with E-state index in [1.807, 2.05) is 41.3 Å². The van der Waals surface area contributed by atoms with Gasteiger partial charge in [0.2, 0.25) is 0 Å². The van der Waals surface area contributed by atoms with Crippen molar-refractivity contribution < 1.29 is 14.3 Å². The summed E-state index contributed by atoms with van der Waals surface area (Å²) in [6.45, 7) is 6.35. The molecule has 4 rings (SSSR count). The standard InChI is InChI=1S/C26H34N2O3/c1-3-4-5-8-16-30-21-12-9-11-20(18-21)26(2)27-24-15-7-6-14-23(24)25(29)28(26)19-22-13-10-17-31-22/h6-7,9,11-12,14-15,18,22,27H,3-5,8,10,13,16-17,19H2,1-2H3. The molecule has 0 aromatic heterocycles. The average Bonchev–Trinajstić information content (AvgIpc) is 3.30. The largest absolute Gasteiger partial charge is 0.494 e. The van der Waals surface area contributed by atoms with Gasteiger partial charge in [0.25, 0.3) is 5.91 Å². The maximum absolute atomic E-state index is 13.5. The molecule has 2 aromatic rings. The van der Waals surface area contributed by atoms with E-state index in [1.54, 1.807) is 0 Å². The summed E-state index contributed by atoms with van der Waals surface area (Å²) in [5.41, 5.74) is 1.91. The smallest absolute Gasteiger partial charge is 0.258 e. The molecule has 0 radical (unpaired) electrons. The Morgan fingerprint density at radius 1 is 1.16 bits per heavy atom. The van der Waals surface area contributed by atoms with Gasteiger partial charge in [-0.3, -0.25) is 4.79 Å². The SMILES string of the molecule is CCCCCCOc1cccc(C2(C)Nc3ccccc3C(=O)N2CC2CCCO2)c1. The van der Waals surface area contributed by atoms with Gasteiger partial charge in [-0.25, -0.2) is 0 Å². The highest BCUT2D eigenvalue weighted by Gasteiger charge is 2.43. The Bertz CT molecular complexity index is 894. The molecule has 1 fully saturated rings. The minimum absolute atomic E-state index is 0.0400. The molecule has 0 spiro atoms. The summed E-state index contributed by atoms with van der Waals surface area (Å²) in [5, 5.41) is 3.65. The fourth-order valence-electron chi connectivity index (χ4n) is 4.55. The van der Waals surface area contributed by atoms with Crippen LogP contribution < -0.4 is 10.1 Å². The van der Waals surface area contributed by atoms with Gasteiger partial charge in [-0.2, -0.15) is 0 Å². The highest BCUT2D eigenvalue weighted by molar-refractivity contribution is 6.02. The summed E-state index contributed by atoms with van der Waals surface area (Å²) in [6.07, 6.45) is 6.83. The third kappa shape index (κ3) is 4.72. The topological polar surface area (TPSA) is 50.8 Å². The van der Waals surface area contributed by atoms with Gasteiger partial charge in [-0.05, 0) is 50.5 Å². The van der Waals surface area contributed by atoms with E-state index in [9.17, 15) is 4.79 Å². The number of nitrogens with one attached hydrogen (secondary N) is 1. The fourth-order valence-corrected chi connectivity index (χ4v) is 4.55. The summed E-state index contributed by atoms with van der Waals surface area (Å²) in [4.78, 5) is 15.5. The number of para-hydroxylation sites is 1. The van der Waals surface area contributed by atoms with Gasteiger partial charge in [0.05, 0.1) is 18.3 Å². The van der Waals surface area contributed by atoms with E-state index in [0.717, 1.165) is 49.5 Å². The molecule has 0 saturated carbocycles. The lowest BCUT2D eigenvalue weighted by molar-refractivity contribution is 0.0242. The van der Waals surface area contributed by atoms with Crippen LogP contribution in [0.5, 0.6) is 5.75 Å². The second-order valence-corrected chi connectivity index (χ2v) is 8.73. The monoisotopic (exact) mass is 422 g/mol. The molecule has 2 atom stereocenters. The Morgan fingerprint density at radius 3 is 2.84 bits per heavy atom. The lowest BCUT2D eigenvalue weighted by Crippen LogP contribution is -2.57. The lowest BCUT2D eigenvalue weighted by Gasteiger charge is -2.47. The quantitative estimate of drug-likeness (QED) is 0.537. The van der Waals surface area contributed by atoms with Gasteiger partial charge >= 0.3 is 0 Å². The predicted molar refractivity (Wildman–Crippen MR) is 124 cm³/mol. The van der Waals surface area contributed by atoms with E-state index in [4.69, 9.17) is 9.47 Å². The van der Waals surface area contributed by atoms with Gasteiger partial charge < -0.3 is 19.7 Å². The van der Waals surface area contributed by atoms with Crippen molar-refractivity contribution in [3.63, 3.8) is 0 Å². The summed E-state index contributed by atoms with van der Waals surface area (Å²) < 4.78 is 11.9. The van der Waals surface area contributed by atoms with Gasteiger partial charge in [-0.1, -0.05) is 50.5 Å². The maximum atomic E-state index is 13.5. The van der Waals surface area contributed by atoms with E-state index in [0.29, 0.717) is 12.1 Å². The molecule has 0 bridgehead atoms. The number of anilines is 1. The van der Waals surface area contributed by atoms with E-state index >= 15 is 0 Å². The number of hydrogen-bond donors (Lipinski definition) is 1. The van der Waals surface area contributed by atoms with Crippen molar-refractivity contribution in [3.8, 4) is 5.75 Å². The second kappa shape index (κ2) is 9.73. The molecule has 2 aliphatic rings. The van der Waals surface area contributed by atoms with E-state index in [-0.39, 0.29) is 12.0 Å². The first-order valence-corrected chi connectivity index (χ1v) is 11.7. The van der Waals surface area contributed by atoms with Crippen molar-refractivity contribution in [1.82, 2.24) is 4.90 Å². The molecule has 5 heteroatoms. The number of rotatable bonds is 9. The Hall–Kier alpha value is -2.53. The van der Waals surface area contributed by atoms with Gasteiger partial charge in [0.15, 0.2) is 0 Å². The first kappa shape index (κ1) is 21.7. The highest BCUT2D eigenvalue weighted by atomic mass is 16.5. The maximum Gasteiger partial charge on any atom is 0.258 e. The molecule has 2 aliphatic heterocycles. The normalized spacial score (nSPS) is 22.8. The van der Waals surface area contributed by atoms with Crippen LogP contribution in [0, 0.1) is 0 Å². The molecule has 2 heterocycles. The number of ether oxygens (including phenoxy) is 2. The van der Waals surface area contributed by atoms with Crippen LogP contribution in [0.25, 0.3) is 0 Å². The summed E-state index contributed by atoms with van der Waals surface area (Å²) in [7, 11) is 0. The van der Waals surface area contributed by atoms with Gasteiger partial charge in [0.1, 0.15) is 11.4 Å². The van der Waals surface area contributed by atoms with E-state index in [2.05, 4.69) is 31.3 Å². The third-order valence-corrected chi connectivity index (χ3v) is 6.39. The molecular formula is C26H34N2O3. The van der Waals surface area contributed by atoms with Crippen molar-refractivity contribution in [2.75, 3.05) is 25.1 Å². The van der Waals surface area contributed by atoms with Crippen LogP contribution in [0.4, 0.5) is 5.69 Å². The Labute approximate surface area is 185 Å². The van der Waals surface area contributed by atoms with Crippen LogP contribution in [0.3, 0.4) is 0 Å². The zero-order valence-corrected chi connectivity index (χ0v) is 18.7. The van der Waals surface area contributed by atoms with Crippen molar-refractivity contribution in [1.29, 1.82) is 0 Å². The minimum atomic E-state index is -0.682. The van der Waals surface area contributed by atoms with E-state index in [1.165, 1.54) is 19.3 Å².